The van der Waals surface area contributed by atoms with Gasteiger partial charge in [0.15, 0.2) is 4.67 Å². The maximum absolute atomic E-state index is 5.53. The van der Waals surface area contributed by atoms with E-state index in [9.17, 15) is 0 Å². The summed E-state index contributed by atoms with van der Waals surface area (Å²) in [5.74, 6) is 1.70. The lowest BCUT2D eigenvalue weighted by Crippen LogP contribution is -2.09. The van der Waals surface area contributed by atoms with Gasteiger partial charge in [0.05, 0.1) is 0 Å². The summed E-state index contributed by atoms with van der Waals surface area (Å²) in [7, 11) is 0. The number of hydrogen-bond acceptors (Lipinski definition) is 1. The predicted molar refractivity (Wildman–Crippen MR) is 74.8 cm³/mol. The zero-order valence-corrected chi connectivity index (χ0v) is 12.4. The third-order valence-corrected chi connectivity index (χ3v) is 4.28. The zero-order valence-electron chi connectivity index (χ0n) is 9.22. The summed E-state index contributed by atoms with van der Waals surface area (Å²) in [4.78, 5) is 0. The van der Waals surface area contributed by atoms with Gasteiger partial charge in [0, 0.05) is 5.33 Å². The van der Waals surface area contributed by atoms with Gasteiger partial charge in [0.2, 0.25) is 0 Å². The van der Waals surface area contributed by atoms with Gasteiger partial charge in [-0.15, -0.1) is 0 Å². The number of allylic oxidation sites excluding steroid dienone is 1. The van der Waals surface area contributed by atoms with Crippen LogP contribution in [0, 0.1) is 5.92 Å². The molecule has 0 unspecified atom stereocenters. The van der Waals surface area contributed by atoms with Gasteiger partial charge >= 0.3 is 0 Å². The molecule has 0 amide bonds. The Hall–Kier alpha value is -0.0200. The molecule has 1 heterocycles. The number of furan rings is 1. The highest BCUT2D eigenvalue weighted by Crippen LogP contribution is 2.32. The molecule has 1 aliphatic rings. The van der Waals surface area contributed by atoms with Gasteiger partial charge < -0.3 is 4.42 Å². The Morgan fingerprint density at radius 3 is 2.62 bits per heavy atom. The molecule has 16 heavy (non-hydrogen) atoms. The lowest BCUT2D eigenvalue weighted by atomic mass is 9.84. The average molecular weight is 348 g/mol. The molecule has 0 saturated heterocycles. The van der Waals surface area contributed by atoms with Crippen molar-refractivity contribution in [2.45, 2.75) is 32.1 Å². The van der Waals surface area contributed by atoms with Gasteiger partial charge in [-0.3, -0.25) is 0 Å². The zero-order chi connectivity index (χ0) is 11.4. The molecule has 2 rings (SSSR count). The van der Waals surface area contributed by atoms with E-state index in [1.54, 1.807) is 0 Å². The van der Waals surface area contributed by atoms with E-state index in [2.05, 4.69) is 37.9 Å². The van der Waals surface area contributed by atoms with Crippen molar-refractivity contribution in [2.75, 3.05) is 5.33 Å². The van der Waals surface area contributed by atoms with Crippen LogP contribution < -0.4 is 0 Å². The van der Waals surface area contributed by atoms with Gasteiger partial charge in [-0.05, 0) is 52.9 Å². The lowest BCUT2D eigenvalue weighted by Gasteiger charge is -2.23. The molecule has 0 spiro atoms. The van der Waals surface area contributed by atoms with Gasteiger partial charge in [0.25, 0.3) is 0 Å². The van der Waals surface area contributed by atoms with Crippen molar-refractivity contribution in [1.82, 2.24) is 0 Å². The molecule has 0 atom stereocenters. The van der Waals surface area contributed by atoms with Crippen molar-refractivity contribution < 1.29 is 4.42 Å². The Morgan fingerprint density at radius 2 is 2.06 bits per heavy atom. The van der Waals surface area contributed by atoms with Crippen molar-refractivity contribution in [1.29, 1.82) is 0 Å². The van der Waals surface area contributed by atoms with Crippen molar-refractivity contribution >= 4 is 37.9 Å². The molecule has 1 aliphatic carbocycles. The average Bonchev–Trinajstić information content (AvgIpc) is 2.73. The standard InChI is InChI=1S/C13H16Br2O/c14-9-11(10-4-2-1-3-5-10)8-12-6-7-13(15)16-12/h6-8,10H,1-5,9H2. The van der Waals surface area contributed by atoms with E-state index in [0.29, 0.717) is 0 Å². The van der Waals surface area contributed by atoms with Crippen LogP contribution in [-0.2, 0) is 0 Å². The smallest absolute Gasteiger partial charge is 0.169 e. The summed E-state index contributed by atoms with van der Waals surface area (Å²) >= 11 is 6.93. The summed E-state index contributed by atoms with van der Waals surface area (Å²) in [6, 6.07) is 3.95. The van der Waals surface area contributed by atoms with E-state index in [-0.39, 0.29) is 0 Å². The van der Waals surface area contributed by atoms with E-state index in [0.717, 1.165) is 21.7 Å². The molecule has 0 radical (unpaired) electrons. The van der Waals surface area contributed by atoms with Crippen LogP contribution >= 0.6 is 31.9 Å². The quantitative estimate of drug-likeness (QED) is 0.667. The van der Waals surface area contributed by atoms with E-state index in [4.69, 9.17) is 4.42 Å². The molecule has 0 N–H and O–H groups in total. The van der Waals surface area contributed by atoms with Gasteiger partial charge in [-0.25, -0.2) is 0 Å². The summed E-state index contributed by atoms with van der Waals surface area (Å²) in [6.07, 6.45) is 9.00. The monoisotopic (exact) mass is 346 g/mol. The van der Waals surface area contributed by atoms with Crippen LogP contribution in [0.3, 0.4) is 0 Å². The van der Waals surface area contributed by atoms with Crippen LogP contribution in [0.2, 0.25) is 0 Å². The van der Waals surface area contributed by atoms with E-state index < -0.39 is 0 Å². The minimum Gasteiger partial charge on any atom is -0.450 e. The minimum absolute atomic E-state index is 0.747. The summed E-state index contributed by atoms with van der Waals surface area (Å²) in [5, 5.41) is 0.954. The highest BCUT2D eigenvalue weighted by atomic mass is 79.9. The molecule has 0 aliphatic heterocycles. The predicted octanol–water partition coefficient (Wildman–Crippen LogP) is 5.40. The first-order chi connectivity index (χ1) is 7.79. The molecule has 0 aromatic carbocycles. The summed E-state index contributed by atoms with van der Waals surface area (Å²) < 4.78 is 6.33. The third-order valence-electron chi connectivity index (χ3n) is 3.21. The summed E-state index contributed by atoms with van der Waals surface area (Å²) in [6.45, 7) is 0. The fraction of sp³-hybridized carbons (Fsp3) is 0.538. The molecular weight excluding hydrogens is 332 g/mol. The third kappa shape index (κ3) is 3.24. The Bertz CT molecular complexity index is 362. The first-order valence-corrected chi connectivity index (χ1v) is 7.73. The molecular formula is C13H16Br2O. The first-order valence-electron chi connectivity index (χ1n) is 5.81. The molecule has 1 aromatic heterocycles. The second-order valence-corrected chi connectivity index (χ2v) is 5.67. The molecule has 1 nitrogen and oxygen atoms in total. The fourth-order valence-electron chi connectivity index (χ4n) is 2.33. The van der Waals surface area contributed by atoms with Crippen molar-refractivity contribution in [2.24, 2.45) is 5.92 Å². The van der Waals surface area contributed by atoms with E-state index in [1.165, 1.54) is 37.7 Å². The van der Waals surface area contributed by atoms with Crippen LogP contribution in [0.4, 0.5) is 0 Å². The topological polar surface area (TPSA) is 13.1 Å². The normalized spacial score (nSPS) is 19.0. The van der Waals surface area contributed by atoms with Crippen LogP contribution in [0.15, 0.2) is 26.8 Å². The van der Waals surface area contributed by atoms with Crippen molar-refractivity contribution in [3.8, 4) is 0 Å². The Kier molecular flexibility index (Phi) is 4.71. The number of hydrogen-bond donors (Lipinski definition) is 0. The molecule has 1 fully saturated rings. The highest BCUT2D eigenvalue weighted by molar-refractivity contribution is 9.10. The second kappa shape index (κ2) is 6.06. The van der Waals surface area contributed by atoms with Crippen LogP contribution in [0.5, 0.6) is 0 Å². The number of rotatable bonds is 3. The van der Waals surface area contributed by atoms with E-state index in [1.807, 2.05) is 12.1 Å². The van der Waals surface area contributed by atoms with Gasteiger partial charge in [-0.2, -0.15) is 0 Å². The SMILES string of the molecule is BrCC(=Cc1ccc(Br)o1)C1CCCCC1. The number of alkyl halides is 1. The maximum atomic E-state index is 5.53. The van der Waals surface area contributed by atoms with Crippen molar-refractivity contribution in [3.05, 3.63) is 28.1 Å². The lowest BCUT2D eigenvalue weighted by molar-refractivity contribution is 0.405. The molecule has 1 saturated carbocycles. The maximum Gasteiger partial charge on any atom is 0.169 e. The molecule has 0 bridgehead atoms. The Labute approximate surface area is 114 Å². The van der Waals surface area contributed by atoms with Crippen LogP contribution in [0.1, 0.15) is 37.9 Å². The summed E-state index contributed by atoms with van der Waals surface area (Å²) in [5.41, 5.74) is 1.47. The van der Waals surface area contributed by atoms with Gasteiger partial charge in [0.1, 0.15) is 5.76 Å². The van der Waals surface area contributed by atoms with Gasteiger partial charge in [-0.1, -0.05) is 40.8 Å². The first kappa shape index (κ1) is 12.4. The Morgan fingerprint density at radius 1 is 1.31 bits per heavy atom. The Balaban J connectivity index is 2.11. The molecule has 3 heteroatoms. The molecule has 88 valence electrons. The second-order valence-electron chi connectivity index (χ2n) is 4.33. The number of halogens is 2. The van der Waals surface area contributed by atoms with Crippen molar-refractivity contribution in [3.63, 3.8) is 0 Å². The highest BCUT2D eigenvalue weighted by Gasteiger charge is 2.17. The largest absolute Gasteiger partial charge is 0.450 e. The fourth-order valence-corrected chi connectivity index (χ4v) is 3.27. The minimum atomic E-state index is 0.747. The van der Waals surface area contributed by atoms with E-state index >= 15 is 0 Å². The van der Waals surface area contributed by atoms with Crippen LogP contribution in [0.25, 0.3) is 6.08 Å². The molecule has 1 aromatic rings. The van der Waals surface area contributed by atoms with Crippen LogP contribution in [-0.4, -0.2) is 5.33 Å².